The summed E-state index contributed by atoms with van der Waals surface area (Å²) in [4.78, 5) is 0. The predicted molar refractivity (Wildman–Crippen MR) is 112 cm³/mol. The lowest BCUT2D eigenvalue weighted by atomic mass is 9.67. The second-order valence-corrected chi connectivity index (χ2v) is 10.2. The van der Waals surface area contributed by atoms with E-state index < -0.39 is 0 Å². The summed E-state index contributed by atoms with van der Waals surface area (Å²) in [5, 5.41) is 0. The van der Waals surface area contributed by atoms with Crippen molar-refractivity contribution in [1.29, 1.82) is 0 Å². The highest BCUT2D eigenvalue weighted by Gasteiger charge is 2.41. The molecule has 0 aromatic heterocycles. The highest BCUT2D eigenvalue weighted by Crippen LogP contribution is 2.46. The smallest absolute Gasteiger partial charge is 0.0706 e. The number of methoxy groups -OCH3 is 1. The molecule has 0 N–H and O–H groups in total. The zero-order valence-corrected chi connectivity index (χ0v) is 17.9. The molecule has 0 radical (unpaired) electrons. The van der Waals surface area contributed by atoms with Crippen molar-refractivity contribution in [2.24, 2.45) is 23.7 Å². The third kappa shape index (κ3) is 5.49. The van der Waals surface area contributed by atoms with Gasteiger partial charge in [0.2, 0.25) is 0 Å². The standard InChI is InChI=1S/C25H46O/c1-3-4-8-21-9-11-22(12-10-21)13-14-23-15-17-24(18-16-23)25(26-2)19-6-5-7-20-25/h21-24H,3-20H2,1-2H3/t21-,22-,23-,24-. The molecule has 3 aliphatic carbocycles. The van der Waals surface area contributed by atoms with Crippen molar-refractivity contribution in [3.8, 4) is 0 Å². The van der Waals surface area contributed by atoms with Crippen LogP contribution in [0, 0.1) is 23.7 Å². The summed E-state index contributed by atoms with van der Waals surface area (Å²) in [7, 11) is 1.99. The van der Waals surface area contributed by atoms with Gasteiger partial charge in [0.25, 0.3) is 0 Å². The van der Waals surface area contributed by atoms with Gasteiger partial charge in [-0.3, -0.25) is 0 Å². The molecule has 3 rings (SSSR count). The fourth-order valence-corrected chi connectivity index (χ4v) is 6.68. The van der Waals surface area contributed by atoms with Crippen LogP contribution in [-0.2, 0) is 4.74 Å². The van der Waals surface area contributed by atoms with Crippen molar-refractivity contribution in [2.45, 2.75) is 128 Å². The molecule has 0 unspecified atom stereocenters. The normalized spacial score (nSPS) is 35.3. The first-order valence-corrected chi connectivity index (χ1v) is 12.3. The first-order valence-electron chi connectivity index (χ1n) is 12.3. The Bertz CT molecular complexity index is 368. The third-order valence-corrected chi connectivity index (χ3v) is 8.61. The Hall–Kier alpha value is -0.0400. The molecule has 0 bridgehead atoms. The summed E-state index contributed by atoms with van der Waals surface area (Å²) in [6.45, 7) is 2.34. The molecule has 3 fully saturated rings. The van der Waals surface area contributed by atoms with Crippen molar-refractivity contribution >= 4 is 0 Å². The molecule has 0 saturated heterocycles. The van der Waals surface area contributed by atoms with Gasteiger partial charge >= 0.3 is 0 Å². The Labute approximate surface area is 164 Å². The Balaban J connectivity index is 1.33. The summed E-state index contributed by atoms with van der Waals surface area (Å²) >= 11 is 0. The highest BCUT2D eigenvalue weighted by atomic mass is 16.5. The maximum Gasteiger partial charge on any atom is 0.0706 e. The van der Waals surface area contributed by atoms with E-state index in [1.807, 2.05) is 7.11 Å². The van der Waals surface area contributed by atoms with Gasteiger partial charge in [-0.1, -0.05) is 96.8 Å². The SMILES string of the molecule is CCCC[C@H]1CC[C@H](CC[C@H]2CC[C@H](C3(OC)CCCCC3)CC2)CC1. The molecule has 0 heterocycles. The lowest BCUT2D eigenvalue weighted by Gasteiger charge is -2.45. The van der Waals surface area contributed by atoms with Crippen LogP contribution in [0.2, 0.25) is 0 Å². The summed E-state index contributed by atoms with van der Waals surface area (Å²) in [6.07, 6.45) is 26.3. The Kier molecular flexibility index (Phi) is 8.35. The highest BCUT2D eigenvalue weighted by molar-refractivity contribution is 4.93. The minimum absolute atomic E-state index is 0.264. The van der Waals surface area contributed by atoms with Crippen LogP contribution in [0.3, 0.4) is 0 Å². The van der Waals surface area contributed by atoms with Crippen LogP contribution in [0.1, 0.15) is 122 Å². The quantitative estimate of drug-likeness (QED) is 0.426. The van der Waals surface area contributed by atoms with E-state index in [0.717, 1.165) is 23.7 Å². The van der Waals surface area contributed by atoms with Gasteiger partial charge in [0.1, 0.15) is 0 Å². The molecule has 0 spiro atoms. The first kappa shape index (κ1) is 20.7. The van der Waals surface area contributed by atoms with Gasteiger partial charge in [-0.05, 0) is 49.4 Å². The molecule has 152 valence electrons. The number of hydrogen-bond acceptors (Lipinski definition) is 1. The fraction of sp³-hybridized carbons (Fsp3) is 1.00. The van der Waals surface area contributed by atoms with Gasteiger partial charge in [0.15, 0.2) is 0 Å². The van der Waals surface area contributed by atoms with Crippen molar-refractivity contribution < 1.29 is 4.74 Å². The predicted octanol–water partition coefficient (Wildman–Crippen LogP) is 7.92. The molecule has 26 heavy (non-hydrogen) atoms. The van der Waals surface area contributed by atoms with Gasteiger partial charge in [0.05, 0.1) is 5.60 Å². The molecule has 3 aliphatic rings. The van der Waals surface area contributed by atoms with Crippen LogP contribution < -0.4 is 0 Å². The van der Waals surface area contributed by atoms with E-state index in [0.29, 0.717) is 0 Å². The molecular formula is C25H46O. The van der Waals surface area contributed by atoms with Gasteiger partial charge in [-0.25, -0.2) is 0 Å². The van der Waals surface area contributed by atoms with Crippen molar-refractivity contribution in [3.05, 3.63) is 0 Å². The second kappa shape index (κ2) is 10.5. The molecule has 1 nitrogen and oxygen atoms in total. The summed E-state index contributed by atoms with van der Waals surface area (Å²) < 4.78 is 6.15. The third-order valence-electron chi connectivity index (χ3n) is 8.61. The first-order chi connectivity index (χ1) is 12.8. The maximum atomic E-state index is 6.15. The largest absolute Gasteiger partial charge is 0.378 e. The van der Waals surface area contributed by atoms with Crippen LogP contribution in [0.5, 0.6) is 0 Å². The average Bonchev–Trinajstić information content (AvgIpc) is 2.72. The van der Waals surface area contributed by atoms with E-state index in [-0.39, 0.29) is 5.60 Å². The maximum absolute atomic E-state index is 6.15. The van der Waals surface area contributed by atoms with E-state index in [1.165, 1.54) is 116 Å². The van der Waals surface area contributed by atoms with Crippen LogP contribution in [-0.4, -0.2) is 12.7 Å². The summed E-state index contributed by atoms with van der Waals surface area (Å²) in [6, 6.07) is 0. The van der Waals surface area contributed by atoms with Gasteiger partial charge in [0, 0.05) is 7.11 Å². The molecule has 0 aliphatic heterocycles. The monoisotopic (exact) mass is 362 g/mol. The lowest BCUT2D eigenvalue weighted by Crippen LogP contribution is -2.43. The van der Waals surface area contributed by atoms with E-state index in [4.69, 9.17) is 4.74 Å². The van der Waals surface area contributed by atoms with Gasteiger partial charge < -0.3 is 4.74 Å². The van der Waals surface area contributed by atoms with Gasteiger partial charge in [-0.2, -0.15) is 0 Å². The second-order valence-electron chi connectivity index (χ2n) is 10.2. The summed E-state index contributed by atoms with van der Waals surface area (Å²) in [5.41, 5.74) is 0.264. The van der Waals surface area contributed by atoms with Crippen molar-refractivity contribution in [1.82, 2.24) is 0 Å². The zero-order chi connectivity index (χ0) is 18.2. The molecule has 0 aromatic rings. The molecule has 1 heteroatoms. The fourth-order valence-electron chi connectivity index (χ4n) is 6.68. The Morgan fingerprint density at radius 3 is 1.69 bits per heavy atom. The number of rotatable bonds is 8. The van der Waals surface area contributed by atoms with Gasteiger partial charge in [-0.15, -0.1) is 0 Å². The Morgan fingerprint density at radius 1 is 0.692 bits per heavy atom. The molecule has 0 amide bonds. The topological polar surface area (TPSA) is 9.23 Å². The van der Waals surface area contributed by atoms with E-state index in [2.05, 4.69) is 6.92 Å². The van der Waals surface area contributed by atoms with Crippen LogP contribution in [0.15, 0.2) is 0 Å². The van der Waals surface area contributed by atoms with Crippen LogP contribution in [0.25, 0.3) is 0 Å². The van der Waals surface area contributed by atoms with Crippen molar-refractivity contribution in [3.63, 3.8) is 0 Å². The minimum Gasteiger partial charge on any atom is -0.378 e. The van der Waals surface area contributed by atoms with E-state index in [1.54, 1.807) is 0 Å². The molecular weight excluding hydrogens is 316 g/mol. The number of unbranched alkanes of at least 4 members (excludes halogenated alkanes) is 1. The zero-order valence-electron chi connectivity index (χ0n) is 17.9. The molecule has 0 aromatic carbocycles. The van der Waals surface area contributed by atoms with Crippen molar-refractivity contribution in [2.75, 3.05) is 7.11 Å². The van der Waals surface area contributed by atoms with Crippen LogP contribution >= 0.6 is 0 Å². The summed E-state index contributed by atoms with van der Waals surface area (Å²) in [5.74, 6) is 4.02. The molecule has 0 atom stereocenters. The average molecular weight is 363 g/mol. The van der Waals surface area contributed by atoms with Crippen LogP contribution in [0.4, 0.5) is 0 Å². The van der Waals surface area contributed by atoms with E-state index in [9.17, 15) is 0 Å². The minimum atomic E-state index is 0.264. The number of hydrogen-bond donors (Lipinski definition) is 0. The lowest BCUT2D eigenvalue weighted by molar-refractivity contribution is -0.0972. The number of ether oxygens (including phenoxy) is 1. The molecule has 3 saturated carbocycles. The van der Waals surface area contributed by atoms with E-state index >= 15 is 0 Å². The Morgan fingerprint density at radius 2 is 1.19 bits per heavy atom.